The second-order valence-electron chi connectivity index (χ2n) is 4.70. The van der Waals surface area contributed by atoms with Gasteiger partial charge in [0.25, 0.3) is 0 Å². The molecule has 0 atom stereocenters. The van der Waals surface area contributed by atoms with E-state index in [2.05, 4.69) is 15.9 Å². The zero-order valence-electron chi connectivity index (χ0n) is 11.8. The van der Waals surface area contributed by atoms with E-state index in [1.807, 2.05) is 30.3 Å². The van der Waals surface area contributed by atoms with Crippen LogP contribution in [0.3, 0.4) is 0 Å². The summed E-state index contributed by atoms with van der Waals surface area (Å²) in [6.45, 7) is 0.275. The number of methoxy groups -OCH3 is 1. The van der Waals surface area contributed by atoms with Gasteiger partial charge in [-0.1, -0.05) is 15.9 Å². The SMILES string of the molecule is COc1ccc2oc(=O)cc(COc3ccc(Br)cc3)c2c1. The first-order valence-corrected chi connectivity index (χ1v) is 7.44. The Bertz CT molecular complexity index is 853. The molecule has 112 valence electrons. The molecule has 3 aromatic rings. The predicted octanol–water partition coefficient (Wildman–Crippen LogP) is 4.14. The van der Waals surface area contributed by atoms with Crippen molar-refractivity contribution in [3.63, 3.8) is 0 Å². The van der Waals surface area contributed by atoms with Gasteiger partial charge in [-0.15, -0.1) is 0 Å². The summed E-state index contributed by atoms with van der Waals surface area (Å²) < 4.78 is 17.1. The van der Waals surface area contributed by atoms with Crippen molar-refractivity contribution in [1.29, 1.82) is 0 Å². The van der Waals surface area contributed by atoms with Crippen molar-refractivity contribution in [2.75, 3.05) is 7.11 Å². The Morgan fingerprint density at radius 3 is 2.50 bits per heavy atom. The molecule has 0 N–H and O–H groups in total. The van der Waals surface area contributed by atoms with Crippen molar-refractivity contribution < 1.29 is 13.9 Å². The Morgan fingerprint density at radius 2 is 1.77 bits per heavy atom. The first-order valence-electron chi connectivity index (χ1n) is 6.65. The largest absolute Gasteiger partial charge is 0.497 e. The molecule has 1 heterocycles. The molecule has 0 bridgehead atoms. The summed E-state index contributed by atoms with van der Waals surface area (Å²) in [5.41, 5.74) is 0.878. The van der Waals surface area contributed by atoms with E-state index in [4.69, 9.17) is 13.9 Å². The molecule has 0 aliphatic rings. The number of rotatable bonds is 4. The van der Waals surface area contributed by atoms with Crippen LogP contribution >= 0.6 is 15.9 Å². The minimum atomic E-state index is -0.396. The fourth-order valence-electron chi connectivity index (χ4n) is 2.15. The summed E-state index contributed by atoms with van der Waals surface area (Å²) in [5.74, 6) is 1.43. The van der Waals surface area contributed by atoms with Crippen LogP contribution in [-0.4, -0.2) is 7.11 Å². The molecule has 5 heteroatoms. The van der Waals surface area contributed by atoms with Crippen molar-refractivity contribution in [2.45, 2.75) is 6.61 Å². The van der Waals surface area contributed by atoms with Gasteiger partial charge in [-0.05, 0) is 42.5 Å². The Kier molecular flexibility index (Phi) is 4.15. The first kappa shape index (κ1) is 14.7. The molecule has 0 aliphatic carbocycles. The maximum absolute atomic E-state index is 11.7. The van der Waals surface area contributed by atoms with Crippen LogP contribution in [0.2, 0.25) is 0 Å². The average molecular weight is 361 g/mol. The van der Waals surface area contributed by atoms with Crippen molar-refractivity contribution >= 4 is 26.9 Å². The van der Waals surface area contributed by atoms with Gasteiger partial charge < -0.3 is 13.9 Å². The van der Waals surface area contributed by atoms with Gasteiger partial charge in [-0.25, -0.2) is 4.79 Å². The molecule has 0 saturated carbocycles. The summed E-state index contributed by atoms with van der Waals surface area (Å²) in [4.78, 5) is 11.7. The zero-order chi connectivity index (χ0) is 15.5. The molecular weight excluding hydrogens is 348 g/mol. The maximum Gasteiger partial charge on any atom is 0.336 e. The molecule has 22 heavy (non-hydrogen) atoms. The summed E-state index contributed by atoms with van der Waals surface area (Å²) in [5, 5.41) is 0.802. The molecule has 1 aromatic heterocycles. The minimum absolute atomic E-state index is 0.275. The number of ether oxygens (including phenoxy) is 2. The van der Waals surface area contributed by atoms with Gasteiger partial charge in [-0.3, -0.25) is 0 Å². The number of hydrogen-bond donors (Lipinski definition) is 0. The first-order chi connectivity index (χ1) is 10.7. The Balaban J connectivity index is 1.94. The molecule has 0 spiro atoms. The van der Waals surface area contributed by atoms with Crippen LogP contribution < -0.4 is 15.1 Å². The van der Waals surface area contributed by atoms with Gasteiger partial charge in [0.15, 0.2) is 0 Å². The van der Waals surface area contributed by atoms with Crippen LogP contribution in [0.5, 0.6) is 11.5 Å². The van der Waals surface area contributed by atoms with Gasteiger partial charge in [0.1, 0.15) is 23.7 Å². The fraction of sp³-hybridized carbons (Fsp3) is 0.118. The van der Waals surface area contributed by atoms with Crippen LogP contribution in [-0.2, 0) is 6.61 Å². The highest BCUT2D eigenvalue weighted by molar-refractivity contribution is 9.10. The summed E-state index contributed by atoms with van der Waals surface area (Å²) in [7, 11) is 1.60. The second kappa shape index (κ2) is 6.23. The lowest BCUT2D eigenvalue weighted by molar-refractivity contribution is 0.306. The monoisotopic (exact) mass is 360 g/mol. The standard InChI is InChI=1S/C17H13BrO4/c1-20-14-6-7-16-15(9-14)11(8-17(19)22-16)10-21-13-4-2-12(18)3-5-13/h2-9H,10H2,1H3. The highest BCUT2D eigenvalue weighted by Crippen LogP contribution is 2.24. The average Bonchev–Trinajstić information content (AvgIpc) is 2.53. The van der Waals surface area contributed by atoms with Gasteiger partial charge in [-0.2, -0.15) is 0 Å². The van der Waals surface area contributed by atoms with Crippen molar-refractivity contribution in [3.05, 3.63) is 69.0 Å². The van der Waals surface area contributed by atoms with E-state index in [0.29, 0.717) is 11.3 Å². The second-order valence-corrected chi connectivity index (χ2v) is 5.61. The Labute approximate surface area is 135 Å². The van der Waals surface area contributed by atoms with E-state index in [-0.39, 0.29) is 6.61 Å². The quantitative estimate of drug-likeness (QED) is 0.656. The Morgan fingerprint density at radius 1 is 1.05 bits per heavy atom. The summed E-state index contributed by atoms with van der Waals surface area (Å²) in [6, 6.07) is 14.3. The van der Waals surface area contributed by atoms with E-state index in [9.17, 15) is 4.79 Å². The number of halogens is 1. The highest BCUT2D eigenvalue weighted by Gasteiger charge is 2.08. The number of hydrogen-bond acceptors (Lipinski definition) is 4. The summed E-state index contributed by atoms with van der Waals surface area (Å²) in [6.07, 6.45) is 0. The smallest absolute Gasteiger partial charge is 0.336 e. The van der Waals surface area contributed by atoms with E-state index in [1.165, 1.54) is 6.07 Å². The van der Waals surface area contributed by atoms with Crippen molar-refractivity contribution in [3.8, 4) is 11.5 Å². The van der Waals surface area contributed by atoms with Crippen molar-refractivity contribution in [2.24, 2.45) is 0 Å². The molecule has 0 aliphatic heterocycles. The van der Waals surface area contributed by atoms with Crippen LogP contribution in [0.1, 0.15) is 5.56 Å². The third-order valence-electron chi connectivity index (χ3n) is 3.24. The zero-order valence-corrected chi connectivity index (χ0v) is 13.4. The van der Waals surface area contributed by atoms with E-state index < -0.39 is 5.63 Å². The topological polar surface area (TPSA) is 48.7 Å². The van der Waals surface area contributed by atoms with E-state index >= 15 is 0 Å². The van der Waals surface area contributed by atoms with Gasteiger partial charge in [0, 0.05) is 21.5 Å². The van der Waals surface area contributed by atoms with Gasteiger partial charge in [0.2, 0.25) is 0 Å². The summed E-state index contributed by atoms with van der Waals surface area (Å²) >= 11 is 3.38. The fourth-order valence-corrected chi connectivity index (χ4v) is 2.41. The molecule has 0 amide bonds. The normalized spacial score (nSPS) is 10.6. The molecule has 2 aromatic carbocycles. The van der Waals surface area contributed by atoms with Crippen molar-refractivity contribution in [1.82, 2.24) is 0 Å². The van der Waals surface area contributed by atoms with Gasteiger partial charge >= 0.3 is 5.63 Å². The van der Waals surface area contributed by atoms with Gasteiger partial charge in [0.05, 0.1) is 7.11 Å². The van der Waals surface area contributed by atoms with E-state index in [0.717, 1.165) is 21.2 Å². The van der Waals surface area contributed by atoms with Crippen LogP contribution in [0.4, 0.5) is 0 Å². The molecule has 0 saturated heterocycles. The number of benzene rings is 2. The molecule has 0 unspecified atom stereocenters. The highest BCUT2D eigenvalue weighted by atomic mass is 79.9. The lowest BCUT2D eigenvalue weighted by Crippen LogP contribution is -2.04. The lowest BCUT2D eigenvalue weighted by atomic mass is 10.1. The third-order valence-corrected chi connectivity index (χ3v) is 3.77. The molecular formula is C17H13BrO4. The maximum atomic E-state index is 11.7. The Hall–Kier alpha value is -2.27. The molecule has 3 rings (SSSR count). The predicted molar refractivity (Wildman–Crippen MR) is 87.5 cm³/mol. The molecule has 0 fully saturated rings. The van der Waals surface area contributed by atoms with Crippen LogP contribution in [0, 0.1) is 0 Å². The van der Waals surface area contributed by atoms with E-state index in [1.54, 1.807) is 19.2 Å². The van der Waals surface area contributed by atoms with Crippen LogP contribution in [0.25, 0.3) is 11.0 Å². The number of fused-ring (bicyclic) bond motifs is 1. The third kappa shape index (κ3) is 3.14. The molecule has 0 radical (unpaired) electrons. The molecule has 4 nitrogen and oxygen atoms in total. The lowest BCUT2D eigenvalue weighted by Gasteiger charge is -2.09. The van der Waals surface area contributed by atoms with Crippen LogP contribution in [0.15, 0.2) is 62.2 Å². The minimum Gasteiger partial charge on any atom is -0.497 e.